The maximum atomic E-state index is 12.2. The van der Waals surface area contributed by atoms with E-state index in [1.807, 2.05) is 13.8 Å². The first-order valence-electron chi connectivity index (χ1n) is 7.05. The van der Waals surface area contributed by atoms with Crippen molar-refractivity contribution < 1.29 is 9.53 Å². The molecule has 1 aliphatic heterocycles. The SMILES string of the molecule is COc1c(C)cnc(CC(=O)CN2CCNCC2)c1C. The normalized spacial score (nSPS) is 16.1. The maximum Gasteiger partial charge on any atom is 0.152 e. The van der Waals surface area contributed by atoms with Crippen LogP contribution in [0, 0.1) is 13.8 Å². The number of pyridine rings is 1. The van der Waals surface area contributed by atoms with E-state index >= 15 is 0 Å². The lowest BCUT2D eigenvalue weighted by Gasteiger charge is -2.26. The maximum absolute atomic E-state index is 12.2. The second-order valence-electron chi connectivity index (χ2n) is 5.29. The first-order chi connectivity index (χ1) is 9.61. The Bertz CT molecular complexity index is 482. The van der Waals surface area contributed by atoms with E-state index in [0.717, 1.165) is 48.7 Å². The molecular weight excluding hydrogens is 254 g/mol. The Labute approximate surface area is 120 Å². The van der Waals surface area contributed by atoms with Crippen LogP contribution >= 0.6 is 0 Å². The summed E-state index contributed by atoms with van der Waals surface area (Å²) in [6, 6.07) is 0. The molecule has 0 spiro atoms. The van der Waals surface area contributed by atoms with Gasteiger partial charge in [-0.3, -0.25) is 14.7 Å². The lowest BCUT2D eigenvalue weighted by molar-refractivity contribution is -0.119. The molecule has 0 bridgehead atoms. The molecule has 0 aliphatic carbocycles. The molecule has 0 saturated carbocycles. The summed E-state index contributed by atoms with van der Waals surface area (Å²) in [6.07, 6.45) is 2.16. The average molecular weight is 277 g/mol. The fraction of sp³-hybridized carbons (Fsp3) is 0.600. The molecule has 1 N–H and O–H groups in total. The minimum Gasteiger partial charge on any atom is -0.496 e. The molecule has 0 aromatic carbocycles. The summed E-state index contributed by atoms with van der Waals surface area (Å²) in [4.78, 5) is 18.8. The Kier molecular flexibility index (Phi) is 5.09. The summed E-state index contributed by atoms with van der Waals surface area (Å²) in [7, 11) is 1.65. The fourth-order valence-corrected chi connectivity index (χ4v) is 2.61. The molecule has 1 fully saturated rings. The molecule has 5 heteroatoms. The van der Waals surface area contributed by atoms with Crippen LogP contribution in [0.25, 0.3) is 0 Å². The number of aromatic nitrogens is 1. The quantitative estimate of drug-likeness (QED) is 0.859. The number of nitrogens with zero attached hydrogens (tertiary/aromatic N) is 2. The molecule has 1 saturated heterocycles. The first-order valence-corrected chi connectivity index (χ1v) is 7.05. The second kappa shape index (κ2) is 6.81. The van der Waals surface area contributed by atoms with Crippen molar-refractivity contribution >= 4 is 5.78 Å². The molecule has 2 rings (SSSR count). The number of nitrogens with one attached hydrogen (secondary N) is 1. The van der Waals surface area contributed by atoms with E-state index in [-0.39, 0.29) is 5.78 Å². The monoisotopic (exact) mass is 277 g/mol. The van der Waals surface area contributed by atoms with Crippen molar-refractivity contribution in [2.75, 3.05) is 39.8 Å². The minimum absolute atomic E-state index is 0.216. The number of methoxy groups -OCH3 is 1. The zero-order chi connectivity index (χ0) is 14.5. The molecule has 1 aromatic rings. The minimum atomic E-state index is 0.216. The van der Waals surface area contributed by atoms with Crippen LogP contribution in [0.15, 0.2) is 6.20 Å². The largest absolute Gasteiger partial charge is 0.496 e. The van der Waals surface area contributed by atoms with E-state index in [1.165, 1.54) is 0 Å². The number of ketones is 1. The predicted octanol–water partition coefficient (Wildman–Crippen LogP) is 0.724. The summed E-state index contributed by atoms with van der Waals surface area (Å²) in [6.45, 7) is 8.24. The summed E-state index contributed by atoms with van der Waals surface area (Å²) in [5.74, 6) is 1.05. The number of piperazine rings is 1. The van der Waals surface area contributed by atoms with Crippen molar-refractivity contribution in [1.29, 1.82) is 0 Å². The third kappa shape index (κ3) is 3.55. The van der Waals surface area contributed by atoms with Gasteiger partial charge >= 0.3 is 0 Å². The van der Waals surface area contributed by atoms with Gasteiger partial charge in [0.15, 0.2) is 5.78 Å². The van der Waals surface area contributed by atoms with Crippen LogP contribution in [0.3, 0.4) is 0 Å². The van der Waals surface area contributed by atoms with Crippen LogP contribution in [0.5, 0.6) is 5.75 Å². The zero-order valence-corrected chi connectivity index (χ0v) is 12.5. The third-order valence-corrected chi connectivity index (χ3v) is 3.72. The van der Waals surface area contributed by atoms with Gasteiger partial charge in [-0.15, -0.1) is 0 Å². The molecular formula is C15H23N3O2. The van der Waals surface area contributed by atoms with Gasteiger partial charge in [0.25, 0.3) is 0 Å². The van der Waals surface area contributed by atoms with Crippen LogP contribution in [0.2, 0.25) is 0 Å². The molecule has 5 nitrogen and oxygen atoms in total. The highest BCUT2D eigenvalue weighted by atomic mass is 16.5. The van der Waals surface area contributed by atoms with Gasteiger partial charge in [-0.05, 0) is 13.8 Å². The number of carbonyl (C=O) groups is 1. The fourth-order valence-electron chi connectivity index (χ4n) is 2.61. The molecule has 0 radical (unpaired) electrons. The number of hydrogen-bond donors (Lipinski definition) is 1. The number of aryl methyl sites for hydroxylation is 1. The van der Waals surface area contributed by atoms with Crippen molar-refractivity contribution in [2.24, 2.45) is 0 Å². The topological polar surface area (TPSA) is 54.5 Å². The van der Waals surface area contributed by atoms with Crippen LogP contribution in [-0.2, 0) is 11.2 Å². The zero-order valence-electron chi connectivity index (χ0n) is 12.5. The van der Waals surface area contributed by atoms with Gasteiger partial charge < -0.3 is 10.1 Å². The number of Topliss-reactive ketones (excluding diaryl/α,β-unsaturated/α-hetero) is 1. The van der Waals surface area contributed by atoms with Crippen LogP contribution in [0.1, 0.15) is 16.8 Å². The van der Waals surface area contributed by atoms with Gasteiger partial charge in [-0.25, -0.2) is 0 Å². The van der Waals surface area contributed by atoms with Gasteiger partial charge in [0.2, 0.25) is 0 Å². The molecule has 2 heterocycles. The number of rotatable bonds is 5. The van der Waals surface area contributed by atoms with Gasteiger partial charge in [0, 0.05) is 43.5 Å². The van der Waals surface area contributed by atoms with Crippen molar-refractivity contribution in [3.8, 4) is 5.75 Å². The van der Waals surface area contributed by atoms with E-state index in [1.54, 1.807) is 13.3 Å². The van der Waals surface area contributed by atoms with Gasteiger partial charge in [0.1, 0.15) is 5.75 Å². The molecule has 1 aliphatic rings. The Hall–Kier alpha value is -1.46. The molecule has 0 unspecified atom stereocenters. The first kappa shape index (κ1) is 14.9. The standard InChI is InChI=1S/C15H23N3O2/c1-11-9-17-14(12(2)15(11)20-3)8-13(19)10-18-6-4-16-5-7-18/h9,16H,4-8,10H2,1-3H3. The van der Waals surface area contributed by atoms with Crippen LogP contribution in [-0.4, -0.2) is 55.5 Å². The highest BCUT2D eigenvalue weighted by molar-refractivity contribution is 5.82. The number of hydrogen-bond acceptors (Lipinski definition) is 5. The summed E-state index contributed by atoms with van der Waals surface area (Å²) < 4.78 is 5.38. The molecule has 110 valence electrons. The van der Waals surface area contributed by atoms with E-state index in [2.05, 4.69) is 15.2 Å². The summed E-state index contributed by atoms with van der Waals surface area (Å²) in [5, 5.41) is 3.29. The van der Waals surface area contributed by atoms with E-state index < -0.39 is 0 Å². The lowest BCUT2D eigenvalue weighted by Crippen LogP contribution is -2.45. The average Bonchev–Trinajstić information content (AvgIpc) is 2.44. The molecule has 0 atom stereocenters. The van der Waals surface area contributed by atoms with E-state index in [4.69, 9.17) is 4.74 Å². The van der Waals surface area contributed by atoms with E-state index in [0.29, 0.717) is 13.0 Å². The predicted molar refractivity (Wildman–Crippen MR) is 78.3 cm³/mol. The molecule has 0 amide bonds. The summed E-state index contributed by atoms with van der Waals surface area (Å²) in [5.41, 5.74) is 2.80. The highest BCUT2D eigenvalue weighted by Gasteiger charge is 2.16. The highest BCUT2D eigenvalue weighted by Crippen LogP contribution is 2.24. The Morgan fingerprint density at radius 3 is 2.75 bits per heavy atom. The van der Waals surface area contributed by atoms with Gasteiger partial charge in [-0.2, -0.15) is 0 Å². The number of carbonyl (C=O) groups excluding carboxylic acids is 1. The Morgan fingerprint density at radius 2 is 2.10 bits per heavy atom. The smallest absolute Gasteiger partial charge is 0.152 e. The molecule has 20 heavy (non-hydrogen) atoms. The Morgan fingerprint density at radius 1 is 1.40 bits per heavy atom. The Balaban J connectivity index is 2.00. The van der Waals surface area contributed by atoms with Crippen LogP contribution < -0.4 is 10.1 Å². The van der Waals surface area contributed by atoms with Gasteiger partial charge in [0.05, 0.1) is 25.8 Å². The van der Waals surface area contributed by atoms with E-state index in [9.17, 15) is 4.79 Å². The van der Waals surface area contributed by atoms with Crippen molar-refractivity contribution in [2.45, 2.75) is 20.3 Å². The third-order valence-electron chi connectivity index (χ3n) is 3.72. The lowest BCUT2D eigenvalue weighted by atomic mass is 10.1. The molecule has 1 aromatic heterocycles. The van der Waals surface area contributed by atoms with Crippen molar-refractivity contribution in [1.82, 2.24) is 15.2 Å². The van der Waals surface area contributed by atoms with Gasteiger partial charge in [-0.1, -0.05) is 0 Å². The summed E-state index contributed by atoms with van der Waals surface area (Å²) >= 11 is 0. The van der Waals surface area contributed by atoms with Crippen LogP contribution in [0.4, 0.5) is 0 Å². The number of ether oxygens (including phenoxy) is 1. The van der Waals surface area contributed by atoms with Crippen molar-refractivity contribution in [3.63, 3.8) is 0 Å². The van der Waals surface area contributed by atoms with Crippen molar-refractivity contribution in [3.05, 3.63) is 23.0 Å². The second-order valence-corrected chi connectivity index (χ2v) is 5.29.